The normalized spacial score (nSPS) is 13.4. The number of hydrogen-bond acceptors (Lipinski definition) is 5. The molecule has 0 bridgehead atoms. The molecule has 6 heteroatoms. The number of ether oxygens (including phenoxy) is 1. The highest BCUT2D eigenvalue weighted by molar-refractivity contribution is 6.52. The van der Waals surface area contributed by atoms with Crippen LogP contribution in [0.15, 0.2) is 24.3 Å². The topological polar surface area (TPSA) is 80.8 Å². The zero-order valence-corrected chi connectivity index (χ0v) is 10.2. The van der Waals surface area contributed by atoms with Gasteiger partial charge in [0.1, 0.15) is 13.2 Å². The number of rotatable bonds is 4. The summed E-state index contributed by atoms with van der Waals surface area (Å²) in [5, 5.41) is 0. The van der Waals surface area contributed by atoms with E-state index in [0.29, 0.717) is 5.69 Å². The van der Waals surface area contributed by atoms with Gasteiger partial charge in [-0.2, -0.15) is 0 Å². The second-order valence-electron chi connectivity index (χ2n) is 4.10. The fraction of sp³-hybridized carbons (Fsp3) is 0.231. The summed E-state index contributed by atoms with van der Waals surface area (Å²) in [7, 11) is 0. The molecule has 0 unspecified atom stereocenters. The molecule has 1 aliphatic heterocycles. The summed E-state index contributed by atoms with van der Waals surface area (Å²) in [5.74, 6) is -2.43. The van der Waals surface area contributed by atoms with E-state index in [4.69, 9.17) is 0 Å². The Morgan fingerprint density at radius 1 is 1.21 bits per heavy atom. The second-order valence-corrected chi connectivity index (χ2v) is 4.10. The maximum absolute atomic E-state index is 11.7. The number of para-hydroxylation sites is 1. The molecule has 0 aromatic heterocycles. The van der Waals surface area contributed by atoms with Crippen molar-refractivity contribution in [2.45, 2.75) is 6.92 Å². The molecule has 0 radical (unpaired) electrons. The minimum Gasteiger partial charge on any atom is -0.456 e. The van der Waals surface area contributed by atoms with E-state index in [9.17, 15) is 19.2 Å². The van der Waals surface area contributed by atoms with Gasteiger partial charge >= 0.3 is 5.97 Å². The molecule has 0 saturated heterocycles. The van der Waals surface area contributed by atoms with Crippen LogP contribution < -0.4 is 4.90 Å². The van der Waals surface area contributed by atoms with Crippen LogP contribution in [-0.2, 0) is 19.1 Å². The molecule has 19 heavy (non-hydrogen) atoms. The number of nitrogens with zero attached hydrogens (tertiary/aromatic N) is 1. The van der Waals surface area contributed by atoms with Gasteiger partial charge in [-0.3, -0.25) is 24.1 Å². The van der Waals surface area contributed by atoms with Crippen LogP contribution >= 0.6 is 0 Å². The molecule has 6 nitrogen and oxygen atoms in total. The lowest BCUT2D eigenvalue weighted by Gasteiger charge is -2.14. The van der Waals surface area contributed by atoms with Gasteiger partial charge in [0.2, 0.25) is 0 Å². The van der Waals surface area contributed by atoms with Gasteiger partial charge in [0.15, 0.2) is 5.78 Å². The van der Waals surface area contributed by atoms with Gasteiger partial charge in [-0.15, -0.1) is 0 Å². The van der Waals surface area contributed by atoms with Crippen LogP contribution in [0.5, 0.6) is 0 Å². The number of fused-ring (bicyclic) bond motifs is 1. The highest BCUT2D eigenvalue weighted by atomic mass is 16.5. The maximum atomic E-state index is 11.7. The number of benzene rings is 1. The molecule has 0 aliphatic carbocycles. The van der Waals surface area contributed by atoms with E-state index in [-0.39, 0.29) is 24.5 Å². The van der Waals surface area contributed by atoms with Crippen molar-refractivity contribution in [3.8, 4) is 0 Å². The average molecular weight is 261 g/mol. The molecule has 0 atom stereocenters. The van der Waals surface area contributed by atoms with Gasteiger partial charge in [0, 0.05) is 0 Å². The maximum Gasteiger partial charge on any atom is 0.326 e. The highest BCUT2D eigenvalue weighted by Crippen LogP contribution is 2.28. The summed E-state index contributed by atoms with van der Waals surface area (Å²) in [6, 6.07) is 6.41. The van der Waals surface area contributed by atoms with Gasteiger partial charge in [-0.25, -0.2) is 0 Å². The first-order valence-electron chi connectivity index (χ1n) is 5.61. The highest BCUT2D eigenvalue weighted by Gasteiger charge is 2.36. The van der Waals surface area contributed by atoms with E-state index in [1.807, 2.05) is 0 Å². The smallest absolute Gasteiger partial charge is 0.326 e. The Balaban J connectivity index is 2.13. The first-order chi connectivity index (χ1) is 9.00. The third-order valence-electron chi connectivity index (χ3n) is 2.60. The van der Waals surface area contributed by atoms with E-state index < -0.39 is 17.7 Å². The van der Waals surface area contributed by atoms with Crippen molar-refractivity contribution in [1.82, 2.24) is 0 Å². The Kier molecular flexibility index (Phi) is 3.41. The third-order valence-corrected chi connectivity index (χ3v) is 2.60. The van der Waals surface area contributed by atoms with Crippen molar-refractivity contribution < 1.29 is 23.9 Å². The summed E-state index contributed by atoms with van der Waals surface area (Å²) in [6.07, 6.45) is 0. The van der Waals surface area contributed by atoms with Crippen molar-refractivity contribution in [2.75, 3.05) is 18.1 Å². The number of carbonyl (C=O) groups is 4. The number of anilines is 1. The largest absolute Gasteiger partial charge is 0.456 e. The summed E-state index contributed by atoms with van der Waals surface area (Å²) in [6.45, 7) is 0.568. The lowest BCUT2D eigenvalue weighted by atomic mass is 10.1. The van der Waals surface area contributed by atoms with Gasteiger partial charge < -0.3 is 4.74 Å². The quantitative estimate of drug-likeness (QED) is 0.577. The molecule has 1 amide bonds. The lowest BCUT2D eigenvalue weighted by Crippen LogP contribution is -2.35. The Morgan fingerprint density at radius 3 is 2.58 bits per heavy atom. The lowest BCUT2D eigenvalue weighted by molar-refractivity contribution is -0.146. The van der Waals surface area contributed by atoms with Gasteiger partial charge in [0.25, 0.3) is 11.7 Å². The fourth-order valence-corrected chi connectivity index (χ4v) is 1.76. The minimum absolute atomic E-state index is 0.270. The zero-order valence-electron chi connectivity index (χ0n) is 10.2. The van der Waals surface area contributed by atoms with Crippen LogP contribution in [0.3, 0.4) is 0 Å². The van der Waals surface area contributed by atoms with Crippen LogP contribution in [0.1, 0.15) is 17.3 Å². The van der Waals surface area contributed by atoms with Crippen molar-refractivity contribution in [3.05, 3.63) is 29.8 Å². The van der Waals surface area contributed by atoms with E-state index in [2.05, 4.69) is 4.74 Å². The first kappa shape index (κ1) is 12.9. The molecular weight excluding hydrogens is 250 g/mol. The van der Waals surface area contributed by atoms with Crippen molar-refractivity contribution in [1.29, 1.82) is 0 Å². The summed E-state index contributed by atoms with van der Waals surface area (Å²) < 4.78 is 4.67. The molecule has 98 valence electrons. The van der Waals surface area contributed by atoms with Crippen LogP contribution in [0, 0.1) is 0 Å². The number of esters is 1. The van der Waals surface area contributed by atoms with Gasteiger partial charge in [-0.1, -0.05) is 12.1 Å². The molecule has 0 N–H and O–H groups in total. The van der Waals surface area contributed by atoms with Crippen LogP contribution in [-0.4, -0.2) is 36.6 Å². The monoisotopic (exact) mass is 261 g/mol. The first-order valence-corrected chi connectivity index (χ1v) is 5.61. The van der Waals surface area contributed by atoms with Gasteiger partial charge in [0.05, 0.1) is 11.3 Å². The Morgan fingerprint density at radius 2 is 1.89 bits per heavy atom. The molecule has 0 spiro atoms. The molecule has 0 saturated carbocycles. The van der Waals surface area contributed by atoms with Crippen LogP contribution in [0.2, 0.25) is 0 Å². The Hall–Kier alpha value is -2.50. The third kappa shape index (κ3) is 2.52. The van der Waals surface area contributed by atoms with Crippen molar-refractivity contribution >= 4 is 29.1 Å². The SMILES string of the molecule is CC(=O)COC(=O)CN1C(=O)C(=O)c2ccccc21. The molecule has 1 aromatic rings. The summed E-state index contributed by atoms with van der Waals surface area (Å²) in [4.78, 5) is 46.6. The van der Waals surface area contributed by atoms with Gasteiger partial charge in [-0.05, 0) is 19.1 Å². The number of carbonyl (C=O) groups excluding carboxylic acids is 4. The number of amides is 1. The average Bonchev–Trinajstić information content (AvgIpc) is 2.62. The molecule has 1 aromatic carbocycles. The second kappa shape index (κ2) is 5.01. The van der Waals surface area contributed by atoms with E-state index in [1.165, 1.54) is 13.0 Å². The molecule has 2 rings (SSSR count). The number of ketones is 2. The fourth-order valence-electron chi connectivity index (χ4n) is 1.76. The zero-order chi connectivity index (χ0) is 14.0. The number of Topliss-reactive ketones (excluding diaryl/α,β-unsaturated/α-hetero) is 2. The Labute approximate surface area is 108 Å². The predicted octanol–water partition coefficient (Wildman–Crippen LogP) is 0.348. The van der Waals surface area contributed by atoms with E-state index in [0.717, 1.165) is 4.90 Å². The minimum atomic E-state index is -0.763. The standard InChI is InChI=1S/C13H11NO5/c1-8(15)7-19-11(16)6-14-10-5-3-2-4-9(10)12(17)13(14)18/h2-5H,6-7H2,1H3. The Bertz CT molecular complexity index is 578. The van der Waals surface area contributed by atoms with Crippen LogP contribution in [0.25, 0.3) is 0 Å². The summed E-state index contributed by atoms with van der Waals surface area (Å²) >= 11 is 0. The van der Waals surface area contributed by atoms with E-state index in [1.54, 1.807) is 18.2 Å². The van der Waals surface area contributed by atoms with E-state index >= 15 is 0 Å². The molecule has 0 fully saturated rings. The molecule has 1 heterocycles. The summed E-state index contributed by atoms with van der Waals surface area (Å²) in [5.41, 5.74) is 0.657. The predicted molar refractivity (Wildman–Crippen MR) is 64.8 cm³/mol. The molecular formula is C13H11NO5. The van der Waals surface area contributed by atoms with Crippen molar-refractivity contribution in [2.24, 2.45) is 0 Å². The van der Waals surface area contributed by atoms with Crippen LogP contribution in [0.4, 0.5) is 5.69 Å². The number of hydrogen-bond donors (Lipinski definition) is 0. The van der Waals surface area contributed by atoms with Crippen molar-refractivity contribution in [3.63, 3.8) is 0 Å². The molecule has 1 aliphatic rings.